The van der Waals surface area contributed by atoms with Gasteiger partial charge >= 0.3 is 0 Å². The minimum absolute atomic E-state index is 0.123. The van der Waals surface area contributed by atoms with E-state index in [-0.39, 0.29) is 23.4 Å². The van der Waals surface area contributed by atoms with E-state index in [1.54, 1.807) is 6.33 Å². The van der Waals surface area contributed by atoms with Crippen molar-refractivity contribution in [3.8, 4) is 0 Å². The molecule has 1 aromatic carbocycles. The molecule has 3 aliphatic heterocycles. The van der Waals surface area contributed by atoms with Gasteiger partial charge in [0, 0.05) is 18.5 Å². The molecule has 0 amide bonds. The summed E-state index contributed by atoms with van der Waals surface area (Å²) in [5.74, 6) is -0.0140. The molecule has 4 aliphatic rings. The molecule has 1 aliphatic carbocycles. The molecule has 0 bridgehead atoms. The Hall–Kier alpha value is -2.30. The first-order valence-electron chi connectivity index (χ1n) is 12.7. The SMILES string of the molecule is CC1(C)OC2C(O1)[C@@H](CO)O[C@H]2n1cnc2c(N3CCC4(CCCc5ccccc54)C3)nc(Cl)nc21. The summed E-state index contributed by atoms with van der Waals surface area (Å²) >= 11 is 6.48. The molecule has 5 heterocycles. The summed E-state index contributed by atoms with van der Waals surface area (Å²) in [6.45, 7) is 5.33. The third-order valence-corrected chi connectivity index (χ3v) is 8.47. The molecular formula is C26H30ClN5O4. The Kier molecular flexibility index (Phi) is 5.14. The van der Waals surface area contributed by atoms with Gasteiger partial charge in [-0.3, -0.25) is 4.57 Å². The fraction of sp³-hybridized carbons (Fsp3) is 0.577. The van der Waals surface area contributed by atoms with Crippen LogP contribution < -0.4 is 4.90 Å². The number of aliphatic hydroxyl groups is 1. The van der Waals surface area contributed by atoms with Crippen LogP contribution in [0.15, 0.2) is 30.6 Å². The highest BCUT2D eigenvalue weighted by Crippen LogP contribution is 2.47. The van der Waals surface area contributed by atoms with E-state index in [9.17, 15) is 5.11 Å². The second-order valence-electron chi connectivity index (χ2n) is 10.9. The fourth-order valence-corrected chi connectivity index (χ4v) is 6.96. The van der Waals surface area contributed by atoms with Crippen LogP contribution >= 0.6 is 11.6 Å². The standard InChI is InChI=1S/C26H30ClN5O4/c1-25(2)35-19-17(12-33)34-23(20(19)36-25)32-14-28-18-21(29-24(27)30-22(18)32)31-11-10-26(13-31)9-5-7-15-6-3-4-8-16(15)26/h3-4,6,8,14,17,19-20,23,33H,5,7,9-13H2,1-2H3/t17-,19?,20?,23-,26?/m1/s1. The largest absolute Gasteiger partial charge is 0.394 e. The number of rotatable bonds is 3. The van der Waals surface area contributed by atoms with E-state index in [4.69, 9.17) is 30.8 Å². The van der Waals surface area contributed by atoms with Crippen LogP contribution in [0.2, 0.25) is 5.28 Å². The lowest BCUT2D eigenvalue weighted by atomic mass is 9.69. The maximum absolute atomic E-state index is 9.90. The van der Waals surface area contributed by atoms with E-state index < -0.39 is 24.2 Å². The Bertz CT molecular complexity index is 1330. The molecular weight excluding hydrogens is 482 g/mol. The number of aryl methyl sites for hydroxylation is 1. The van der Waals surface area contributed by atoms with Gasteiger partial charge in [-0.1, -0.05) is 24.3 Å². The number of ether oxygens (including phenoxy) is 3. The molecule has 9 nitrogen and oxygen atoms in total. The topological polar surface area (TPSA) is 94.8 Å². The third kappa shape index (κ3) is 3.40. The highest BCUT2D eigenvalue weighted by molar-refractivity contribution is 6.28. The van der Waals surface area contributed by atoms with E-state index in [0.717, 1.165) is 31.7 Å². The second kappa shape index (κ2) is 8.10. The fourth-order valence-electron chi connectivity index (χ4n) is 6.80. The average molecular weight is 512 g/mol. The van der Waals surface area contributed by atoms with Gasteiger partial charge in [0.2, 0.25) is 5.28 Å². The Morgan fingerprint density at radius 3 is 2.83 bits per heavy atom. The number of fused-ring (bicyclic) bond motifs is 4. The third-order valence-electron chi connectivity index (χ3n) is 8.30. The van der Waals surface area contributed by atoms with Crippen molar-refractivity contribution in [2.45, 2.75) is 75.3 Å². The van der Waals surface area contributed by atoms with Gasteiger partial charge in [-0.2, -0.15) is 9.97 Å². The lowest BCUT2D eigenvalue weighted by Gasteiger charge is -2.36. The molecule has 10 heteroatoms. The van der Waals surface area contributed by atoms with Gasteiger partial charge in [0.25, 0.3) is 0 Å². The molecule has 0 saturated carbocycles. The summed E-state index contributed by atoms with van der Waals surface area (Å²) < 4.78 is 20.2. The summed E-state index contributed by atoms with van der Waals surface area (Å²) in [5, 5.41) is 10.1. The number of aromatic nitrogens is 4. The lowest BCUT2D eigenvalue weighted by Crippen LogP contribution is -2.35. The van der Waals surface area contributed by atoms with Gasteiger partial charge in [0.05, 0.1) is 12.9 Å². The van der Waals surface area contributed by atoms with Crippen molar-refractivity contribution < 1.29 is 19.3 Å². The Balaban J connectivity index is 1.25. The smallest absolute Gasteiger partial charge is 0.226 e. The maximum atomic E-state index is 9.90. The zero-order chi connectivity index (χ0) is 24.7. The summed E-state index contributed by atoms with van der Waals surface area (Å²) in [6.07, 6.45) is 4.46. The number of benzene rings is 1. The van der Waals surface area contributed by atoms with Crippen LogP contribution in [0.25, 0.3) is 11.2 Å². The maximum Gasteiger partial charge on any atom is 0.226 e. The minimum atomic E-state index is -0.765. The van der Waals surface area contributed by atoms with Crippen molar-refractivity contribution in [1.82, 2.24) is 19.5 Å². The zero-order valence-corrected chi connectivity index (χ0v) is 21.2. The Labute approximate surface area is 214 Å². The number of imidazole rings is 1. The van der Waals surface area contributed by atoms with Crippen LogP contribution in [-0.2, 0) is 26.0 Å². The van der Waals surface area contributed by atoms with E-state index in [1.165, 1.54) is 24.0 Å². The van der Waals surface area contributed by atoms with Crippen LogP contribution in [0.3, 0.4) is 0 Å². The van der Waals surface area contributed by atoms with Crippen LogP contribution in [0.1, 0.15) is 50.5 Å². The molecule has 3 aromatic rings. The number of halogens is 1. The van der Waals surface area contributed by atoms with E-state index in [1.807, 2.05) is 18.4 Å². The predicted octanol–water partition coefficient (Wildman–Crippen LogP) is 3.37. The number of nitrogens with zero attached hydrogens (tertiary/aromatic N) is 5. The van der Waals surface area contributed by atoms with Crippen molar-refractivity contribution in [2.75, 3.05) is 24.6 Å². The van der Waals surface area contributed by atoms with Crippen LogP contribution in [0, 0.1) is 0 Å². The van der Waals surface area contributed by atoms with Crippen LogP contribution in [-0.4, -0.2) is 68.4 Å². The van der Waals surface area contributed by atoms with Gasteiger partial charge in [-0.25, -0.2) is 4.98 Å². The van der Waals surface area contributed by atoms with Gasteiger partial charge in [-0.05, 0) is 62.3 Å². The highest BCUT2D eigenvalue weighted by Gasteiger charge is 2.56. The normalized spacial score (nSPS) is 32.9. The van der Waals surface area contributed by atoms with Crippen molar-refractivity contribution in [3.05, 3.63) is 47.0 Å². The molecule has 0 radical (unpaired) electrons. The van der Waals surface area contributed by atoms with Gasteiger partial charge in [-0.15, -0.1) is 0 Å². The number of hydrogen-bond donors (Lipinski definition) is 1. The van der Waals surface area contributed by atoms with Crippen molar-refractivity contribution in [3.63, 3.8) is 0 Å². The van der Waals surface area contributed by atoms with Gasteiger partial charge in [0.15, 0.2) is 29.0 Å². The molecule has 3 saturated heterocycles. The Morgan fingerprint density at radius 2 is 1.97 bits per heavy atom. The molecule has 3 fully saturated rings. The quantitative estimate of drug-likeness (QED) is 0.535. The summed E-state index contributed by atoms with van der Waals surface area (Å²) in [6, 6.07) is 8.86. The average Bonchev–Trinajstić information content (AvgIpc) is 3.61. The first-order valence-corrected chi connectivity index (χ1v) is 13.1. The van der Waals surface area contributed by atoms with Crippen LogP contribution in [0.4, 0.5) is 5.82 Å². The van der Waals surface area contributed by atoms with Crippen molar-refractivity contribution in [2.24, 2.45) is 0 Å². The first kappa shape index (κ1) is 22.9. The van der Waals surface area contributed by atoms with E-state index in [2.05, 4.69) is 39.1 Å². The Morgan fingerprint density at radius 1 is 1.14 bits per heavy atom. The van der Waals surface area contributed by atoms with E-state index in [0.29, 0.717) is 11.2 Å². The number of aliphatic hydroxyl groups excluding tert-OH is 1. The van der Waals surface area contributed by atoms with Crippen molar-refractivity contribution in [1.29, 1.82) is 0 Å². The molecule has 2 aromatic heterocycles. The second-order valence-corrected chi connectivity index (χ2v) is 11.3. The zero-order valence-electron chi connectivity index (χ0n) is 20.4. The lowest BCUT2D eigenvalue weighted by molar-refractivity contribution is -0.199. The summed E-state index contributed by atoms with van der Waals surface area (Å²) in [4.78, 5) is 16.2. The van der Waals surface area contributed by atoms with Gasteiger partial charge in [0.1, 0.15) is 18.3 Å². The molecule has 7 rings (SSSR count). The molecule has 1 N–H and O–H groups in total. The highest BCUT2D eigenvalue weighted by atomic mass is 35.5. The van der Waals surface area contributed by atoms with Crippen molar-refractivity contribution >= 4 is 28.6 Å². The minimum Gasteiger partial charge on any atom is -0.394 e. The molecule has 190 valence electrons. The molecule has 36 heavy (non-hydrogen) atoms. The molecule has 3 unspecified atom stereocenters. The molecule has 5 atom stereocenters. The van der Waals surface area contributed by atoms with E-state index >= 15 is 0 Å². The molecule has 1 spiro atoms. The van der Waals surface area contributed by atoms with Gasteiger partial charge < -0.3 is 24.2 Å². The first-order chi connectivity index (χ1) is 17.4. The van der Waals surface area contributed by atoms with Crippen LogP contribution in [0.5, 0.6) is 0 Å². The number of hydrogen-bond acceptors (Lipinski definition) is 8. The number of anilines is 1. The summed E-state index contributed by atoms with van der Waals surface area (Å²) in [7, 11) is 0. The monoisotopic (exact) mass is 511 g/mol. The predicted molar refractivity (Wildman–Crippen MR) is 133 cm³/mol. The summed E-state index contributed by atoms with van der Waals surface area (Å²) in [5.41, 5.74) is 4.34.